The third-order valence-corrected chi connectivity index (χ3v) is 2.20. The molecule has 1 unspecified atom stereocenters. The molecule has 0 aliphatic carbocycles. The molecule has 50 valence electrons. The molecule has 0 aliphatic heterocycles. The lowest BCUT2D eigenvalue weighted by molar-refractivity contribution is 0.285. The number of aliphatic hydroxyl groups excluding tert-OH is 1. The summed E-state index contributed by atoms with van der Waals surface area (Å²) >= 11 is 0. The largest absolute Gasteiger partial charge is 0.394 e. The molecular formula is C3H10NO3P. The zero-order valence-corrected chi connectivity index (χ0v) is 5.51. The molecule has 0 aliphatic rings. The smallest absolute Gasteiger partial charge is 0.216 e. The summed E-state index contributed by atoms with van der Waals surface area (Å²) in [7, 11) is -3.23. The second-order valence-electron chi connectivity index (χ2n) is 1.69. The number of hydrogen-bond donors (Lipinski definition) is 3. The Morgan fingerprint density at radius 1 is 1.88 bits per heavy atom. The summed E-state index contributed by atoms with van der Waals surface area (Å²) in [4.78, 5) is 8.56. The lowest BCUT2D eigenvalue weighted by Gasteiger charge is -2.10. The molecular weight excluding hydrogens is 129 g/mol. The van der Waals surface area contributed by atoms with Crippen molar-refractivity contribution >= 4 is 7.37 Å². The monoisotopic (exact) mass is 139 g/mol. The summed E-state index contributed by atoms with van der Waals surface area (Å²) in [6.07, 6.45) is 0. The van der Waals surface area contributed by atoms with E-state index < -0.39 is 19.8 Å². The first-order valence-electron chi connectivity index (χ1n) is 2.15. The fourth-order valence-corrected chi connectivity index (χ4v) is 0.454. The molecule has 0 aromatic rings. The second-order valence-corrected chi connectivity index (χ2v) is 4.24. The van der Waals surface area contributed by atoms with E-state index in [4.69, 9.17) is 15.7 Å². The molecule has 0 aromatic carbocycles. The van der Waals surface area contributed by atoms with E-state index in [2.05, 4.69) is 0 Å². The second kappa shape index (κ2) is 2.60. The molecule has 0 bridgehead atoms. The highest BCUT2D eigenvalue weighted by Crippen LogP contribution is 2.37. The van der Waals surface area contributed by atoms with Crippen LogP contribution in [0.15, 0.2) is 0 Å². The molecule has 0 saturated heterocycles. The van der Waals surface area contributed by atoms with Crippen molar-refractivity contribution in [3.63, 3.8) is 0 Å². The van der Waals surface area contributed by atoms with Gasteiger partial charge in [-0.2, -0.15) is 0 Å². The van der Waals surface area contributed by atoms with Crippen LogP contribution in [-0.4, -0.2) is 29.1 Å². The van der Waals surface area contributed by atoms with Crippen LogP contribution >= 0.6 is 7.37 Å². The van der Waals surface area contributed by atoms with Gasteiger partial charge in [-0.3, -0.25) is 4.57 Å². The minimum absolute atomic E-state index is 0.440. The van der Waals surface area contributed by atoms with Crippen molar-refractivity contribution in [1.82, 2.24) is 0 Å². The Kier molecular flexibility index (Phi) is 2.63. The summed E-state index contributed by atoms with van der Waals surface area (Å²) in [6, 6.07) is 0. The van der Waals surface area contributed by atoms with Crippen LogP contribution in [0.2, 0.25) is 0 Å². The van der Waals surface area contributed by atoms with Gasteiger partial charge in [0.2, 0.25) is 7.37 Å². The van der Waals surface area contributed by atoms with Gasteiger partial charge in [-0.15, -0.1) is 0 Å². The molecule has 0 radical (unpaired) electrons. The van der Waals surface area contributed by atoms with Crippen LogP contribution in [0.1, 0.15) is 0 Å². The summed E-state index contributed by atoms with van der Waals surface area (Å²) in [6.45, 7) is 0.679. The molecule has 0 saturated carbocycles. The van der Waals surface area contributed by atoms with Gasteiger partial charge in [0.25, 0.3) is 0 Å². The Labute approximate surface area is 47.8 Å². The lowest BCUT2D eigenvalue weighted by atomic mass is 10.7. The standard InChI is InChI=1S/C3H10NO3P/c1-8(6,7)3(4)2-5/h3,5H,2,4H2,1H3,(H,6,7)/t3-/m0/s1. The molecule has 0 rings (SSSR count). The highest BCUT2D eigenvalue weighted by atomic mass is 31.2. The number of rotatable bonds is 2. The maximum atomic E-state index is 10.4. The molecule has 0 spiro atoms. The van der Waals surface area contributed by atoms with Crippen LogP contribution in [0.25, 0.3) is 0 Å². The fourth-order valence-electron chi connectivity index (χ4n) is 0.151. The van der Waals surface area contributed by atoms with Gasteiger partial charge < -0.3 is 15.7 Å². The van der Waals surface area contributed by atoms with Crippen LogP contribution in [0.4, 0.5) is 0 Å². The van der Waals surface area contributed by atoms with Crippen LogP contribution < -0.4 is 5.73 Å². The van der Waals surface area contributed by atoms with Gasteiger partial charge in [-0.05, 0) is 0 Å². The van der Waals surface area contributed by atoms with E-state index in [-0.39, 0.29) is 0 Å². The van der Waals surface area contributed by atoms with Crippen molar-refractivity contribution in [2.75, 3.05) is 13.3 Å². The van der Waals surface area contributed by atoms with Crippen molar-refractivity contribution in [2.45, 2.75) is 5.78 Å². The van der Waals surface area contributed by atoms with Crippen LogP contribution in [-0.2, 0) is 4.57 Å². The summed E-state index contributed by atoms with van der Waals surface area (Å²) in [5, 5.41) is 8.21. The van der Waals surface area contributed by atoms with Crippen molar-refractivity contribution in [1.29, 1.82) is 0 Å². The Hall–Kier alpha value is 0.110. The third-order valence-electron chi connectivity index (χ3n) is 0.802. The highest BCUT2D eigenvalue weighted by molar-refractivity contribution is 7.57. The van der Waals surface area contributed by atoms with Gasteiger partial charge in [0.1, 0.15) is 5.78 Å². The first-order valence-corrected chi connectivity index (χ1v) is 4.32. The third kappa shape index (κ3) is 2.43. The SMILES string of the molecule is CP(=O)(O)[C@H](N)CO. The minimum atomic E-state index is -3.23. The number of hydrogen-bond acceptors (Lipinski definition) is 3. The Balaban J connectivity index is 3.82. The van der Waals surface area contributed by atoms with Crippen molar-refractivity contribution in [3.8, 4) is 0 Å². The van der Waals surface area contributed by atoms with Gasteiger partial charge >= 0.3 is 0 Å². The van der Waals surface area contributed by atoms with E-state index in [1.165, 1.54) is 0 Å². The van der Waals surface area contributed by atoms with Gasteiger partial charge in [-0.25, -0.2) is 0 Å². The van der Waals surface area contributed by atoms with Crippen LogP contribution in [0.5, 0.6) is 0 Å². The molecule has 0 aromatic heterocycles. The quantitative estimate of drug-likeness (QED) is 0.436. The highest BCUT2D eigenvalue weighted by Gasteiger charge is 2.19. The van der Waals surface area contributed by atoms with E-state index in [1.54, 1.807) is 0 Å². The average molecular weight is 139 g/mol. The molecule has 0 amide bonds. The molecule has 8 heavy (non-hydrogen) atoms. The summed E-state index contributed by atoms with van der Waals surface area (Å²) < 4.78 is 10.4. The zero-order chi connectivity index (χ0) is 6.78. The van der Waals surface area contributed by atoms with Crippen molar-refractivity contribution < 1.29 is 14.6 Å². The van der Waals surface area contributed by atoms with E-state index in [0.29, 0.717) is 0 Å². The van der Waals surface area contributed by atoms with Crippen molar-refractivity contribution in [2.24, 2.45) is 5.73 Å². The molecule has 0 heterocycles. The van der Waals surface area contributed by atoms with Gasteiger partial charge in [0.05, 0.1) is 6.61 Å². The van der Waals surface area contributed by atoms with Crippen LogP contribution in [0.3, 0.4) is 0 Å². The first-order chi connectivity index (χ1) is 3.48. The van der Waals surface area contributed by atoms with Crippen molar-refractivity contribution in [3.05, 3.63) is 0 Å². The topological polar surface area (TPSA) is 83.5 Å². The molecule has 4 nitrogen and oxygen atoms in total. The van der Waals surface area contributed by atoms with E-state index in [9.17, 15) is 4.57 Å². The molecule has 4 N–H and O–H groups in total. The Morgan fingerprint density at radius 3 is 2.25 bits per heavy atom. The predicted molar refractivity (Wildman–Crippen MR) is 30.8 cm³/mol. The number of nitrogens with two attached hydrogens (primary N) is 1. The molecule has 2 atom stereocenters. The maximum absolute atomic E-state index is 10.4. The minimum Gasteiger partial charge on any atom is -0.394 e. The average Bonchev–Trinajstić information content (AvgIpc) is 1.62. The molecule has 0 fully saturated rings. The van der Waals surface area contributed by atoms with E-state index in [1.807, 2.05) is 0 Å². The Bertz CT molecular complexity index is 109. The van der Waals surface area contributed by atoms with Gasteiger partial charge in [0, 0.05) is 6.66 Å². The predicted octanol–water partition coefficient (Wildman–Crippen LogP) is -0.836. The zero-order valence-electron chi connectivity index (χ0n) is 4.61. The maximum Gasteiger partial charge on any atom is 0.216 e. The van der Waals surface area contributed by atoms with E-state index >= 15 is 0 Å². The summed E-state index contributed by atoms with van der Waals surface area (Å²) in [5.41, 5.74) is 4.99. The lowest BCUT2D eigenvalue weighted by Crippen LogP contribution is -2.23. The van der Waals surface area contributed by atoms with E-state index in [0.717, 1.165) is 6.66 Å². The van der Waals surface area contributed by atoms with Gasteiger partial charge in [-0.1, -0.05) is 0 Å². The Morgan fingerprint density at radius 2 is 2.25 bits per heavy atom. The fraction of sp³-hybridized carbons (Fsp3) is 1.00. The first kappa shape index (κ1) is 8.11. The normalized spacial score (nSPS) is 22.0. The van der Waals surface area contributed by atoms with Gasteiger partial charge in [0.15, 0.2) is 0 Å². The molecule has 5 heteroatoms. The number of aliphatic hydroxyl groups is 1. The van der Waals surface area contributed by atoms with Crippen LogP contribution in [0, 0.1) is 0 Å². The summed E-state index contributed by atoms with van der Waals surface area (Å²) in [5.74, 6) is -0.984.